The van der Waals surface area contributed by atoms with Crippen molar-refractivity contribution in [2.24, 2.45) is 0 Å². The van der Waals surface area contributed by atoms with E-state index in [1.165, 1.54) is 34.2 Å². The molecular weight excluding hydrogens is 468 g/mol. The lowest BCUT2D eigenvalue weighted by atomic mass is 9.68. The fourth-order valence-corrected chi connectivity index (χ4v) is 6.34. The van der Waals surface area contributed by atoms with Gasteiger partial charge in [-0.2, -0.15) is 0 Å². The lowest BCUT2D eigenvalue weighted by Crippen LogP contribution is -2.27. The molecule has 0 aliphatic heterocycles. The van der Waals surface area contributed by atoms with Gasteiger partial charge in [0, 0.05) is 0 Å². The van der Waals surface area contributed by atoms with Crippen molar-refractivity contribution in [2.45, 2.75) is 176 Å². The van der Waals surface area contributed by atoms with Gasteiger partial charge in [-0.15, -0.1) is 0 Å². The highest BCUT2D eigenvalue weighted by molar-refractivity contribution is 5.51. The van der Waals surface area contributed by atoms with E-state index in [-0.39, 0.29) is 32.5 Å². The van der Waals surface area contributed by atoms with Crippen molar-refractivity contribution in [3.8, 4) is 0 Å². The average Bonchev–Trinajstić information content (AvgIpc) is 2.68. The third-order valence-electron chi connectivity index (χ3n) is 8.22. The summed E-state index contributed by atoms with van der Waals surface area (Å²) in [5, 5.41) is 0. The summed E-state index contributed by atoms with van der Waals surface area (Å²) in [6.07, 6.45) is 3.41. The molecule has 0 saturated heterocycles. The third kappa shape index (κ3) is 8.01. The number of benzene rings is 2. The van der Waals surface area contributed by atoms with Crippen LogP contribution < -0.4 is 0 Å². The average molecular weight is 533 g/mol. The smallest absolute Gasteiger partial charge is 0.0126 e. The Hall–Kier alpha value is -1.56. The van der Waals surface area contributed by atoms with Crippen LogP contribution in [0.1, 0.15) is 176 Å². The molecule has 2 aromatic rings. The second-order valence-corrected chi connectivity index (χ2v) is 18.4. The van der Waals surface area contributed by atoms with Gasteiger partial charge in [0.25, 0.3) is 0 Å². The molecule has 0 spiro atoms. The lowest BCUT2D eigenvalue weighted by Gasteiger charge is -2.36. The molecule has 0 aromatic heterocycles. The molecule has 0 aliphatic carbocycles. The topological polar surface area (TPSA) is 0 Å². The summed E-state index contributed by atoms with van der Waals surface area (Å²) in [5.41, 5.74) is 13.0. The summed E-state index contributed by atoms with van der Waals surface area (Å²) in [4.78, 5) is 0. The van der Waals surface area contributed by atoms with Gasteiger partial charge < -0.3 is 0 Å². The molecule has 0 amide bonds. The molecular formula is C39H64. The molecule has 0 heterocycles. The summed E-state index contributed by atoms with van der Waals surface area (Å²) >= 11 is 0. The number of aryl methyl sites for hydroxylation is 1. The first-order chi connectivity index (χ1) is 17.2. The summed E-state index contributed by atoms with van der Waals surface area (Å²) in [6, 6.07) is 10.0. The SMILES string of the molecule is CC(C)(C)c1cc(C(C)(C)C)c(C(C)(C)C)cc1CCCc1c(C(C)(C)C)ccc(C(C)(C)C)c1C(C)(C)C. The van der Waals surface area contributed by atoms with Crippen LogP contribution in [0.4, 0.5) is 0 Å². The third-order valence-corrected chi connectivity index (χ3v) is 8.22. The molecule has 0 heteroatoms. The first kappa shape index (κ1) is 33.6. The maximum atomic E-state index is 2.59. The second-order valence-electron chi connectivity index (χ2n) is 18.4. The predicted molar refractivity (Wildman–Crippen MR) is 177 cm³/mol. The van der Waals surface area contributed by atoms with Gasteiger partial charge in [0.2, 0.25) is 0 Å². The number of hydrogen-bond acceptors (Lipinski definition) is 0. The van der Waals surface area contributed by atoms with Crippen molar-refractivity contribution in [3.63, 3.8) is 0 Å². The Morgan fingerprint density at radius 2 is 0.769 bits per heavy atom. The van der Waals surface area contributed by atoms with E-state index >= 15 is 0 Å². The normalized spacial score (nSPS) is 14.2. The van der Waals surface area contributed by atoms with Crippen molar-refractivity contribution in [2.75, 3.05) is 0 Å². The molecule has 39 heavy (non-hydrogen) atoms. The Labute approximate surface area is 244 Å². The highest BCUT2D eigenvalue weighted by Crippen LogP contribution is 2.42. The Morgan fingerprint density at radius 3 is 1.15 bits per heavy atom. The Balaban J connectivity index is 2.71. The quantitative estimate of drug-likeness (QED) is 0.367. The fourth-order valence-electron chi connectivity index (χ4n) is 6.34. The van der Waals surface area contributed by atoms with Gasteiger partial charge >= 0.3 is 0 Å². The summed E-state index contributed by atoms with van der Waals surface area (Å²) in [5.74, 6) is 0. The van der Waals surface area contributed by atoms with E-state index < -0.39 is 0 Å². The molecule has 0 saturated carbocycles. The van der Waals surface area contributed by atoms with Crippen LogP contribution >= 0.6 is 0 Å². The van der Waals surface area contributed by atoms with Crippen molar-refractivity contribution in [1.82, 2.24) is 0 Å². The van der Waals surface area contributed by atoms with E-state index in [1.807, 2.05) is 0 Å². The molecule has 0 aliphatic rings. The zero-order valence-corrected chi connectivity index (χ0v) is 29.4. The van der Waals surface area contributed by atoms with Gasteiger partial charge in [-0.25, -0.2) is 0 Å². The van der Waals surface area contributed by atoms with Gasteiger partial charge in [-0.05, 0) is 96.3 Å². The zero-order valence-electron chi connectivity index (χ0n) is 29.4. The maximum Gasteiger partial charge on any atom is -0.0126 e. The Morgan fingerprint density at radius 1 is 0.385 bits per heavy atom. The highest BCUT2D eigenvalue weighted by Gasteiger charge is 2.32. The molecule has 2 aromatic carbocycles. The van der Waals surface area contributed by atoms with Crippen LogP contribution in [-0.4, -0.2) is 0 Å². The van der Waals surface area contributed by atoms with Gasteiger partial charge in [-0.1, -0.05) is 149 Å². The molecule has 0 bridgehead atoms. The van der Waals surface area contributed by atoms with E-state index in [0.29, 0.717) is 0 Å². The van der Waals surface area contributed by atoms with Crippen LogP contribution in [-0.2, 0) is 45.3 Å². The van der Waals surface area contributed by atoms with Crippen molar-refractivity contribution in [1.29, 1.82) is 0 Å². The van der Waals surface area contributed by atoms with E-state index in [2.05, 4.69) is 149 Å². The zero-order chi connectivity index (χ0) is 30.6. The van der Waals surface area contributed by atoms with Crippen LogP contribution in [0.5, 0.6) is 0 Å². The van der Waals surface area contributed by atoms with Crippen LogP contribution in [0.15, 0.2) is 24.3 Å². The van der Waals surface area contributed by atoms with Gasteiger partial charge in [0.15, 0.2) is 0 Å². The Kier molecular flexibility index (Phi) is 9.22. The largest absolute Gasteiger partial charge is 0.0579 e. The van der Waals surface area contributed by atoms with Crippen LogP contribution in [0.3, 0.4) is 0 Å². The Bertz CT molecular complexity index is 1140. The van der Waals surface area contributed by atoms with E-state index in [0.717, 1.165) is 12.8 Å². The van der Waals surface area contributed by atoms with Crippen molar-refractivity contribution in [3.05, 3.63) is 68.8 Å². The van der Waals surface area contributed by atoms with E-state index in [1.54, 1.807) is 16.7 Å². The van der Waals surface area contributed by atoms with Crippen molar-refractivity contribution >= 4 is 0 Å². The molecule has 0 unspecified atom stereocenters. The number of rotatable bonds is 4. The van der Waals surface area contributed by atoms with Crippen LogP contribution in [0, 0.1) is 0 Å². The van der Waals surface area contributed by atoms with E-state index in [4.69, 9.17) is 0 Å². The first-order valence-corrected chi connectivity index (χ1v) is 15.5. The first-order valence-electron chi connectivity index (χ1n) is 15.5. The second kappa shape index (κ2) is 10.7. The van der Waals surface area contributed by atoms with Gasteiger partial charge in [0.1, 0.15) is 0 Å². The van der Waals surface area contributed by atoms with Gasteiger partial charge in [0.05, 0.1) is 0 Å². The lowest BCUT2D eigenvalue weighted by molar-refractivity contribution is 0.511. The summed E-state index contributed by atoms with van der Waals surface area (Å²) in [6.45, 7) is 42.9. The molecule has 0 N–H and O–H groups in total. The predicted octanol–water partition coefficient (Wildman–Crippen LogP) is 11.6. The standard InChI is InChI=1S/C39H64/c1-34(2,3)28-22-23-29(35(4,5)6)33(39(16,17)18)27(28)21-19-20-26-24-31(37(10,11)12)32(38(13,14)15)25-30(26)36(7,8)9/h22-25H,19-21H2,1-18H3. The molecule has 0 radical (unpaired) electrons. The molecule has 0 nitrogen and oxygen atoms in total. The molecule has 2 rings (SSSR count). The molecule has 0 fully saturated rings. The molecule has 0 atom stereocenters. The van der Waals surface area contributed by atoms with Crippen LogP contribution in [0.25, 0.3) is 0 Å². The minimum Gasteiger partial charge on any atom is -0.0579 e. The number of hydrogen-bond donors (Lipinski definition) is 0. The van der Waals surface area contributed by atoms with Crippen LogP contribution in [0.2, 0.25) is 0 Å². The highest BCUT2D eigenvalue weighted by atomic mass is 14.4. The minimum absolute atomic E-state index is 0.101. The molecule has 220 valence electrons. The minimum atomic E-state index is 0.101. The van der Waals surface area contributed by atoms with Gasteiger partial charge in [-0.3, -0.25) is 0 Å². The monoisotopic (exact) mass is 533 g/mol. The van der Waals surface area contributed by atoms with E-state index in [9.17, 15) is 0 Å². The summed E-state index contributed by atoms with van der Waals surface area (Å²) in [7, 11) is 0. The van der Waals surface area contributed by atoms with Crippen molar-refractivity contribution < 1.29 is 0 Å². The summed E-state index contributed by atoms with van der Waals surface area (Å²) < 4.78 is 0. The maximum absolute atomic E-state index is 2.59. The fraction of sp³-hybridized carbons (Fsp3) is 0.692.